The molecule has 31 heavy (non-hydrogen) atoms. The molecular weight excluding hydrogens is 386 g/mol. The molecule has 0 amide bonds. The van der Waals surface area contributed by atoms with Gasteiger partial charge in [0.1, 0.15) is 0 Å². The number of allylic oxidation sites excluding steroid dienone is 1. The highest BCUT2D eigenvalue weighted by Gasteiger charge is 2.15. The van der Waals surface area contributed by atoms with Crippen LogP contribution in [0.15, 0.2) is 77.7 Å². The lowest BCUT2D eigenvalue weighted by Gasteiger charge is -2.25. The van der Waals surface area contributed by atoms with E-state index in [4.69, 9.17) is 0 Å². The summed E-state index contributed by atoms with van der Waals surface area (Å²) in [5.74, 6) is -0.226. The number of nitriles is 1. The van der Waals surface area contributed by atoms with Gasteiger partial charge in [0.15, 0.2) is 5.78 Å². The maximum Gasteiger partial charge on any atom is 0.252 e. The van der Waals surface area contributed by atoms with Crippen molar-refractivity contribution in [3.05, 3.63) is 106 Å². The number of hydrogen-bond acceptors (Lipinski definition) is 4. The minimum atomic E-state index is -0.226. The van der Waals surface area contributed by atoms with Crippen LogP contribution in [-0.2, 0) is 0 Å². The van der Waals surface area contributed by atoms with Crippen molar-refractivity contribution < 1.29 is 4.79 Å². The van der Waals surface area contributed by atoms with Crippen LogP contribution in [0.1, 0.15) is 46.6 Å². The highest BCUT2D eigenvalue weighted by Crippen LogP contribution is 2.19. The second-order valence-corrected chi connectivity index (χ2v) is 7.50. The van der Waals surface area contributed by atoms with Crippen molar-refractivity contribution in [3.8, 4) is 6.07 Å². The molecule has 0 fully saturated rings. The molecule has 0 bridgehead atoms. The molecule has 1 heterocycles. The number of aromatic nitrogens is 1. The Bertz CT molecular complexity index is 1200. The Morgan fingerprint density at radius 1 is 1.03 bits per heavy atom. The van der Waals surface area contributed by atoms with E-state index in [1.54, 1.807) is 41.1 Å². The lowest BCUT2D eigenvalue weighted by molar-refractivity contribution is 0.103. The fraction of sp³-hybridized carbons (Fsp3) is 0.192. The van der Waals surface area contributed by atoms with E-state index >= 15 is 0 Å². The third kappa shape index (κ3) is 5.06. The Kier molecular flexibility index (Phi) is 6.96. The van der Waals surface area contributed by atoms with E-state index in [0.717, 1.165) is 17.5 Å². The molecule has 2 aromatic carbocycles. The predicted molar refractivity (Wildman–Crippen MR) is 124 cm³/mol. The van der Waals surface area contributed by atoms with Gasteiger partial charge in [0.2, 0.25) is 0 Å². The van der Waals surface area contributed by atoms with Gasteiger partial charge in [0.05, 0.1) is 17.8 Å². The molecule has 1 atom stereocenters. The summed E-state index contributed by atoms with van der Waals surface area (Å²) in [5, 5.41) is 9.53. The Balaban J connectivity index is 1.92. The normalized spacial score (nSPS) is 12.4. The summed E-state index contributed by atoms with van der Waals surface area (Å²) in [6, 6.07) is 21.8. The van der Waals surface area contributed by atoms with E-state index < -0.39 is 0 Å². The largest absolute Gasteiger partial charge is 0.299 e. The van der Waals surface area contributed by atoms with Crippen molar-refractivity contribution in [2.45, 2.75) is 19.5 Å². The van der Waals surface area contributed by atoms with Crippen molar-refractivity contribution in [2.24, 2.45) is 0 Å². The van der Waals surface area contributed by atoms with Crippen molar-refractivity contribution in [2.75, 3.05) is 14.1 Å². The van der Waals surface area contributed by atoms with Crippen LogP contribution < -0.4 is 5.56 Å². The van der Waals surface area contributed by atoms with E-state index in [9.17, 15) is 14.9 Å². The number of carbonyl (C=O) groups excluding carboxylic acids is 1. The summed E-state index contributed by atoms with van der Waals surface area (Å²) in [6.45, 7) is 2.01. The van der Waals surface area contributed by atoms with Crippen LogP contribution >= 0.6 is 0 Å². The van der Waals surface area contributed by atoms with Gasteiger partial charge < -0.3 is 0 Å². The van der Waals surface area contributed by atoms with Crippen molar-refractivity contribution in [3.63, 3.8) is 0 Å². The van der Waals surface area contributed by atoms with E-state index in [1.807, 2.05) is 62.3 Å². The van der Waals surface area contributed by atoms with Crippen LogP contribution in [0.2, 0.25) is 0 Å². The first kappa shape index (κ1) is 21.9. The molecular formula is C26H25N3O2. The second-order valence-electron chi connectivity index (χ2n) is 7.50. The molecule has 5 nitrogen and oxygen atoms in total. The topological polar surface area (TPSA) is 66.1 Å². The summed E-state index contributed by atoms with van der Waals surface area (Å²) >= 11 is 0. The summed E-state index contributed by atoms with van der Waals surface area (Å²) < 4.78 is 1.63. The first-order valence-corrected chi connectivity index (χ1v) is 10.1. The van der Waals surface area contributed by atoms with Crippen molar-refractivity contribution in [1.29, 1.82) is 5.26 Å². The van der Waals surface area contributed by atoms with Crippen LogP contribution in [0, 0.1) is 11.3 Å². The van der Waals surface area contributed by atoms with E-state index in [-0.39, 0.29) is 17.5 Å². The molecule has 1 aromatic heterocycles. The molecule has 0 spiro atoms. The molecule has 5 heteroatoms. The van der Waals surface area contributed by atoms with Gasteiger partial charge in [0.25, 0.3) is 5.56 Å². The Labute approximate surface area is 182 Å². The van der Waals surface area contributed by atoms with Gasteiger partial charge in [-0.15, -0.1) is 0 Å². The number of pyridine rings is 1. The highest BCUT2D eigenvalue weighted by atomic mass is 16.1. The predicted octanol–water partition coefficient (Wildman–Crippen LogP) is 4.61. The molecule has 1 unspecified atom stereocenters. The van der Waals surface area contributed by atoms with E-state index in [1.165, 1.54) is 6.07 Å². The van der Waals surface area contributed by atoms with E-state index in [2.05, 4.69) is 6.07 Å². The number of carbonyl (C=O) groups is 1. The molecule has 3 aromatic rings. The molecule has 3 rings (SSSR count). The molecule has 0 N–H and O–H groups in total. The van der Waals surface area contributed by atoms with Gasteiger partial charge in [-0.25, -0.2) is 0 Å². The minimum Gasteiger partial charge on any atom is -0.299 e. The quantitative estimate of drug-likeness (QED) is 0.323. The zero-order valence-electron chi connectivity index (χ0n) is 17.9. The summed E-state index contributed by atoms with van der Waals surface area (Å²) in [6.07, 6.45) is 4.15. The maximum absolute atomic E-state index is 13.0. The van der Waals surface area contributed by atoms with Crippen LogP contribution in [0.25, 0.3) is 11.6 Å². The summed E-state index contributed by atoms with van der Waals surface area (Å²) in [4.78, 5) is 27.6. The minimum absolute atomic E-state index is 0.0625. The third-order valence-corrected chi connectivity index (χ3v) is 5.16. The van der Waals surface area contributed by atoms with Crippen LogP contribution in [-0.4, -0.2) is 29.3 Å². The zero-order chi connectivity index (χ0) is 22.4. The molecule has 0 aliphatic heterocycles. The number of nitrogens with zero attached hydrogens (tertiary/aromatic N) is 3. The van der Waals surface area contributed by atoms with Gasteiger partial charge in [-0.3, -0.25) is 19.1 Å². The molecule has 0 aliphatic rings. The summed E-state index contributed by atoms with van der Waals surface area (Å²) in [5.41, 5.74) is 2.69. The molecule has 0 aliphatic carbocycles. The lowest BCUT2D eigenvalue weighted by Crippen LogP contribution is -2.33. The van der Waals surface area contributed by atoms with Crippen LogP contribution in [0.5, 0.6) is 0 Å². The van der Waals surface area contributed by atoms with Gasteiger partial charge in [-0.05, 0) is 49.9 Å². The van der Waals surface area contributed by atoms with Gasteiger partial charge in [0, 0.05) is 23.4 Å². The fourth-order valence-electron chi connectivity index (χ4n) is 3.59. The van der Waals surface area contributed by atoms with Crippen molar-refractivity contribution >= 4 is 17.4 Å². The average Bonchev–Trinajstić information content (AvgIpc) is 2.79. The first-order chi connectivity index (χ1) is 14.9. The number of rotatable bonds is 7. The smallest absolute Gasteiger partial charge is 0.252 e. The Morgan fingerprint density at radius 3 is 2.32 bits per heavy atom. The highest BCUT2D eigenvalue weighted by molar-refractivity contribution is 6.09. The van der Waals surface area contributed by atoms with Crippen LogP contribution in [0.4, 0.5) is 0 Å². The van der Waals surface area contributed by atoms with Gasteiger partial charge >= 0.3 is 0 Å². The summed E-state index contributed by atoms with van der Waals surface area (Å²) in [7, 11) is 3.84. The number of benzene rings is 2. The monoisotopic (exact) mass is 411 g/mol. The van der Waals surface area contributed by atoms with Gasteiger partial charge in [-0.2, -0.15) is 5.26 Å². The standard InChI is InChI=1S/C26H25N3O2/c1-4-24(28(2)3)29-14-13-22(17-25(29)30)26(31)21-12-8-9-19(15-21)16-23(18-27)20-10-6-5-7-11-20/h5-17,24H,4H2,1-3H3/b23-16+. The number of ketones is 1. The fourth-order valence-corrected chi connectivity index (χ4v) is 3.59. The maximum atomic E-state index is 13.0. The molecule has 0 radical (unpaired) electrons. The lowest BCUT2D eigenvalue weighted by atomic mass is 9.99. The molecule has 0 saturated carbocycles. The third-order valence-electron chi connectivity index (χ3n) is 5.16. The molecule has 0 saturated heterocycles. The Morgan fingerprint density at radius 2 is 1.71 bits per heavy atom. The van der Waals surface area contributed by atoms with Crippen LogP contribution in [0.3, 0.4) is 0 Å². The Hall–Kier alpha value is -3.75. The van der Waals surface area contributed by atoms with Crippen molar-refractivity contribution in [1.82, 2.24) is 9.47 Å². The SMILES string of the molecule is CCC(N(C)C)n1ccc(C(=O)c2cccc(/C=C(\C#N)c3ccccc3)c2)cc1=O. The molecule has 156 valence electrons. The average molecular weight is 412 g/mol. The van der Waals surface area contributed by atoms with Gasteiger partial charge in [-0.1, -0.05) is 55.5 Å². The van der Waals surface area contributed by atoms with E-state index in [0.29, 0.717) is 16.7 Å². The first-order valence-electron chi connectivity index (χ1n) is 10.1. The second kappa shape index (κ2) is 9.84. The zero-order valence-corrected chi connectivity index (χ0v) is 17.9. The number of hydrogen-bond donors (Lipinski definition) is 0.